The van der Waals surface area contributed by atoms with E-state index in [0.717, 1.165) is 29.2 Å². The van der Waals surface area contributed by atoms with Crippen LogP contribution in [0.1, 0.15) is 19.4 Å². The molecule has 0 spiro atoms. The van der Waals surface area contributed by atoms with Gasteiger partial charge in [0.15, 0.2) is 0 Å². The van der Waals surface area contributed by atoms with Gasteiger partial charge in [-0.25, -0.2) is 4.99 Å². The summed E-state index contributed by atoms with van der Waals surface area (Å²) >= 11 is 0. The Balaban J connectivity index is 1.88. The molecule has 0 radical (unpaired) electrons. The van der Waals surface area contributed by atoms with Gasteiger partial charge in [0, 0.05) is 5.57 Å². The Morgan fingerprint density at radius 2 is 1.52 bits per heavy atom. The summed E-state index contributed by atoms with van der Waals surface area (Å²) in [6, 6.07) is 27.4. The SMILES string of the molecule is CCc1cccc(OC(=Nc2ccccc2)C(C)=COc2ccccc2)c1. The first-order chi connectivity index (χ1) is 13.2. The van der Waals surface area contributed by atoms with Gasteiger partial charge in [-0.1, -0.05) is 55.5 Å². The molecule has 0 saturated carbocycles. The van der Waals surface area contributed by atoms with Gasteiger partial charge in [0.25, 0.3) is 0 Å². The summed E-state index contributed by atoms with van der Waals surface area (Å²) in [5.41, 5.74) is 2.84. The van der Waals surface area contributed by atoms with Crippen LogP contribution in [-0.2, 0) is 6.42 Å². The highest BCUT2D eigenvalue weighted by molar-refractivity contribution is 5.96. The quantitative estimate of drug-likeness (QED) is 0.293. The lowest BCUT2D eigenvalue weighted by Gasteiger charge is -2.11. The minimum Gasteiger partial charge on any atom is -0.465 e. The molecule has 0 aliphatic rings. The maximum atomic E-state index is 6.11. The van der Waals surface area contributed by atoms with Crippen molar-refractivity contribution in [3.8, 4) is 11.5 Å². The van der Waals surface area contributed by atoms with Crippen LogP contribution in [0, 0.1) is 0 Å². The van der Waals surface area contributed by atoms with E-state index in [0.29, 0.717) is 5.90 Å². The van der Waals surface area contributed by atoms with Crippen molar-refractivity contribution in [2.75, 3.05) is 0 Å². The third kappa shape index (κ3) is 5.58. The second kappa shape index (κ2) is 9.39. The molecule has 3 aromatic rings. The van der Waals surface area contributed by atoms with Gasteiger partial charge in [0.2, 0.25) is 5.90 Å². The second-order valence-corrected chi connectivity index (χ2v) is 6.09. The predicted molar refractivity (Wildman–Crippen MR) is 111 cm³/mol. The number of aryl methyl sites for hydroxylation is 1. The van der Waals surface area contributed by atoms with E-state index in [1.807, 2.05) is 85.8 Å². The predicted octanol–water partition coefficient (Wildman–Crippen LogP) is 6.34. The fourth-order valence-electron chi connectivity index (χ4n) is 2.46. The molecule has 0 aliphatic carbocycles. The molecular weight excluding hydrogens is 334 g/mol. The summed E-state index contributed by atoms with van der Waals surface area (Å²) in [6.07, 6.45) is 2.62. The molecule has 0 amide bonds. The van der Waals surface area contributed by atoms with Crippen molar-refractivity contribution in [2.24, 2.45) is 4.99 Å². The first kappa shape index (κ1) is 18.5. The zero-order chi connectivity index (χ0) is 18.9. The minimum absolute atomic E-state index is 0.505. The fourth-order valence-corrected chi connectivity index (χ4v) is 2.46. The van der Waals surface area contributed by atoms with Crippen LogP contribution >= 0.6 is 0 Å². The van der Waals surface area contributed by atoms with Crippen LogP contribution in [-0.4, -0.2) is 5.90 Å². The molecule has 3 heteroatoms. The molecular formula is C24H23NO2. The smallest absolute Gasteiger partial charge is 0.225 e. The first-order valence-electron chi connectivity index (χ1n) is 9.04. The molecule has 136 valence electrons. The molecule has 0 atom stereocenters. The Bertz CT molecular complexity index is 915. The van der Waals surface area contributed by atoms with Gasteiger partial charge in [-0.05, 0) is 55.3 Å². The molecule has 27 heavy (non-hydrogen) atoms. The topological polar surface area (TPSA) is 30.8 Å². The highest BCUT2D eigenvalue weighted by Crippen LogP contribution is 2.19. The molecule has 3 rings (SSSR count). The number of hydrogen-bond donors (Lipinski definition) is 0. The second-order valence-electron chi connectivity index (χ2n) is 6.09. The Hall–Kier alpha value is -3.33. The highest BCUT2D eigenvalue weighted by atomic mass is 16.5. The summed E-state index contributed by atoms with van der Waals surface area (Å²) in [7, 11) is 0. The lowest BCUT2D eigenvalue weighted by atomic mass is 10.2. The number of ether oxygens (including phenoxy) is 2. The third-order valence-electron chi connectivity index (χ3n) is 3.96. The standard InChI is InChI=1S/C24H23NO2/c1-3-20-11-10-16-23(17-20)27-24(25-21-12-6-4-7-13-21)19(2)18-26-22-14-8-5-9-15-22/h4-18H,3H2,1-2H3. The van der Waals surface area contributed by atoms with E-state index in [1.165, 1.54) is 5.56 Å². The largest absolute Gasteiger partial charge is 0.465 e. The number of hydrogen-bond acceptors (Lipinski definition) is 3. The summed E-state index contributed by atoms with van der Waals surface area (Å²) in [5.74, 6) is 2.03. The lowest BCUT2D eigenvalue weighted by molar-refractivity contribution is 0.473. The van der Waals surface area contributed by atoms with E-state index in [1.54, 1.807) is 6.26 Å². The van der Waals surface area contributed by atoms with Gasteiger partial charge in [-0.3, -0.25) is 0 Å². The summed E-state index contributed by atoms with van der Waals surface area (Å²) < 4.78 is 11.9. The molecule has 0 fully saturated rings. The Kier molecular flexibility index (Phi) is 6.42. The van der Waals surface area contributed by atoms with Gasteiger partial charge in [0.1, 0.15) is 11.5 Å². The Morgan fingerprint density at radius 1 is 0.852 bits per heavy atom. The van der Waals surface area contributed by atoms with Crippen molar-refractivity contribution < 1.29 is 9.47 Å². The number of nitrogens with zero attached hydrogens (tertiary/aromatic N) is 1. The number of benzene rings is 3. The van der Waals surface area contributed by atoms with Crippen LogP contribution in [0.5, 0.6) is 11.5 Å². The number of rotatable bonds is 6. The number of aliphatic imine (C=N–C) groups is 1. The van der Waals surface area contributed by atoms with Crippen molar-refractivity contribution in [2.45, 2.75) is 20.3 Å². The van der Waals surface area contributed by atoms with Crippen molar-refractivity contribution in [1.82, 2.24) is 0 Å². The van der Waals surface area contributed by atoms with E-state index >= 15 is 0 Å². The fraction of sp³-hybridized carbons (Fsp3) is 0.125. The zero-order valence-corrected chi connectivity index (χ0v) is 15.6. The monoisotopic (exact) mass is 357 g/mol. The molecule has 0 heterocycles. The molecule has 3 aromatic carbocycles. The van der Waals surface area contributed by atoms with Gasteiger partial charge in [0.05, 0.1) is 11.9 Å². The van der Waals surface area contributed by atoms with Crippen molar-refractivity contribution >= 4 is 11.6 Å². The van der Waals surface area contributed by atoms with Crippen LogP contribution < -0.4 is 9.47 Å². The van der Waals surface area contributed by atoms with E-state index in [9.17, 15) is 0 Å². The van der Waals surface area contributed by atoms with Crippen LogP contribution in [0.25, 0.3) is 0 Å². The van der Waals surface area contributed by atoms with Gasteiger partial charge in [-0.2, -0.15) is 0 Å². The average Bonchev–Trinajstić information content (AvgIpc) is 2.73. The van der Waals surface area contributed by atoms with E-state index in [2.05, 4.69) is 18.0 Å². The first-order valence-corrected chi connectivity index (χ1v) is 9.04. The Morgan fingerprint density at radius 3 is 2.22 bits per heavy atom. The molecule has 0 bridgehead atoms. The molecule has 0 N–H and O–H groups in total. The molecule has 0 aromatic heterocycles. The van der Waals surface area contributed by atoms with Crippen LogP contribution in [0.4, 0.5) is 5.69 Å². The van der Waals surface area contributed by atoms with E-state index < -0.39 is 0 Å². The van der Waals surface area contributed by atoms with Crippen LogP contribution in [0.15, 0.2) is 102 Å². The van der Waals surface area contributed by atoms with Crippen LogP contribution in [0.2, 0.25) is 0 Å². The van der Waals surface area contributed by atoms with Crippen molar-refractivity contribution in [1.29, 1.82) is 0 Å². The maximum absolute atomic E-state index is 6.11. The van der Waals surface area contributed by atoms with Gasteiger partial charge < -0.3 is 9.47 Å². The van der Waals surface area contributed by atoms with Gasteiger partial charge >= 0.3 is 0 Å². The van der Waals surface area contributed by atoms with Crippen molar-refractivity contribution in [3.63, 3.8) is 0 Å². The third-order valence-corrected chi connectivity index (χ3v) is 3.96. The normalized spacial score (nSPS) is 11.9. The van der Waals surface area contributed by atoms with Crippen molar-refractivity contribution in [3.05, 3.63) is 102 Å². The van der Waals surface area contributed by atoms with E-state index in [-0.39, 0.29) is 0 Å². The average molecular weight is 357 g/mol. The lowest BCUT2D eigenvalue weighted by Crippen LogP contribution is -2.11. The van der Waals surface area contributed by atoms with Crippen LogP contribution in [0.3, 0.4) is 0 Å². The maximum Gasteiger partial charge on any atom is 0.225 e. The molecule has 0 saturated heterocycles. The summed E-state index contributed by atoms with van der Waals surface area (Å²) in [6.45, 7) is 4.05. The Labute approximate surface area is 160 Å². The highest BCUT2D eigenvalue weighted by Gasteiger charge is 2.08. The minimum atomic E-state index is 0.505. The zero-order valence-electron chi connectivity index (χ0n) is 15.6. The van der Waals surface area contributed by atoms with E-state index in [4.69, 9.17) is 9.47 Å². The van der Waals surface area contributed by atoms with Gasteiger partial charge in [-0.15, -0.1) is 0 Å². The molecule has 0 aliphatic heterocycles. The summed E-state index contributed by atoms with van der Waals surface area (Å²) in [5, 5.41) is 0. The molecule has 0 unspecified atom stereocenters. The number of para-hydroxylation sites is 2. The summed E-state index contributed by atoms with van der Waals surface area (Å²) in [4.78, 5) is 4.67. The molecule has 3 nitrogen and oxygen atoms in total.